The molecule has 2 rings (SSSR count). The first-order valence-corrected chi connectivity index (χ1v) is 5.29. The molecule has 1 aromatic heterocycles. The van der Waals surface area contributed by atoms with E-state index in [0.717, 1.165) is 6.07 Å². The van der Waals surface area contributed by atoms with Gasteiger partial charge in [0.1, 0.15) is 11.6 Å². The van der Waals surface area contributed by atoms with Crippen LogP contribution in [0.5, 0.6) is 0 Å². The van der Waals surface area contributed by atoms with E-state index >= 15 is 0 Å². The average Bonchev–Trinajstić information content (AvgIpc) is 2.34. The summed E-state index contributed by atoms with van der Waals surface area (Å²) in [5.74, 6) is -0.911. The molecule has 0 unspecified atom stereocenters. The van der Waals surface area contributed by atoms with Crippen molar-refractivity contribution < 1.29 is 9.18 Å². The molecule has 0 fully saturated rings. The molecule has 1 aromatic carbocycles. The second kappa shape index (κ2) is 4.97. The number of hydrogen-bond acceptors (Lipinski definition) is 4. The van der Waals surface area contributed by atoms with E-state index in [-0.39, 0.29) is 22.2 Å². The van der Waals surface area contributed by atoms with E-state index in [0.29, 0.717) is 0 Å². The predicted octanol–water partition coefficient (Wildman–Crippen LogP) is 2.10. The van der Waals surface area contributed by atoms with Gasteiger partial charge in [0.15, 0.2) is 5.69 Å². The summed E-state index contributed by atoms with van der Waals surface area (Å²) in [6.45, 7) is 0. The van der Waals surface area contributed by atoms with Gasteiger partial charge in [-0.25, -0.2) is 4.39 Å². The maximum atomic E-state index is 13.2. The van der Waals surface area contributed by atoms with E-state index in [1.54, 1.807) is 0 Å². The Bertz CT molecular complexity index is 588. The van der Waals surface area contributed by atoms with Gasteiger partial charge in [0.05, 0.1) is 5.02 Å². The number of aromatic nitrogens is 2. The Hall–Kier alpha value is -2.21. The van der Waals surface area contributed by atoms with Crippen molar-refractivity contribution in [1.82, 2.24) is 10.2 Å². The lowest BCUT2D eigenvalue weighted by Crippen LogP contribution is -2.14. The number of nitrogens with one attached hydrogen (secondary N) is 1. The van der Waals surface area contributed by atoms with E-state index < -0.39 is 11.7 Å². The minimum atomic E-state index is -0.613. The van der Waals surface area contributed by atoms with Gasteiger partial charge in [-0.15, -0.1) is 10.2 Å². The summed E-state index contributed by atoms with van der Waals surface area (Å²) in [6, 6.07) is 6.81. The topological polar surface area (TPSA) is 80.9 Å². The highest BCUT2D eigenvalue weighted by Crippen LogP contribution is 2.19. The van der Waals surface area contributed by atoms with Crippen LogP contribution >= 0.6 is 11.6 Å². The molecule has 0 aliphatic rings. The lowest BCUT2D eigenvalue weighted by molar-refractivity contribution is 0.102. The molecule has 0 aliphatic heterocycles. The van der Waals surface area contributed by atoms with Crippen molar-refractivity contribution in [2.75, 3.05) is 11.1 Å². The zero-order valence-corrected chi connectivity index (χ0v) is 9.78. The normalized spacial score (nSPS) is 10.1. The predicted molar refractivity (Wildman–Crippen MR) is 65.8 cm³/mol. The van der Waals surface area contributed by atoms with Crippen LogP contribution in [0.15, 0.2) is 30.3 Å². The molecule has 1 amide bonds. The van der Waals surface area contributed by atoms with Crippen molar-refractivity contribution in [1.29, 1.82) is 0 Å². The quantitative estimate of drug-likeness (QED) is 0.872. The maximum absolute atomic E-state index is 13.2. The highest BCUT2D eigenvalue weighted by Gasteiger charge is 2.09. The Morgan fingerprint density at radius 1 is 1.28 bits per heavy atom. The first-order chi connectivity index (χ1) is 8.56. The molecule has 18 heavy (non-hydrogen) atoms. The number of benzene rings is 1. The summed E-state index contributed by atoms with van der Waals surface area (Å²) in [6.07, 6.45) is 0. The molecule has 0 atom stereocenters. The van der Waals surface area contributed by atoms with Gasteiger partial charge in [0.25, 0.3) is 5.91 Å². The lowest BCUT2D eigenvalue weighted by atomic mass is 10.3. The average molecular weight is 267 g/mol. The molecule has 92 valence electrons. The number of nitrogen functional groups attached to an aromatic ring is 1. The van der Waals surface area contributed by atoms with Crippen molar-refractivity contribution in [3.8, 4) is 0 Å². The van der Waals surface area contributed by atoms with Gasteiger partial charge in [0, 0.05) is 5.69 Å². The summed E-state index contributed by atoms with van der Waals surface area (Å²) in [5, 5.41) is 9.60. The van der Waals surface area contributed by atoms with Crippen LogP contribution < -0.4 is 11.1 Å². The van der Waals surface area contributed by atoms with Gasteiger partial charge in [-0.3, -0.25) is 4.79 Å². The molecular weight excluding hydrogens is 259 g/mol. The second-order valence-corrected chi connectivity index (χ2v) is 3.83. The first-order valence-electron chi connectivity index (χ1n) is 4.92. The number of rotatable bonds is 2. The standard InChI is InChI=1S/C11H8ClFN4O/c12-7-2-1-6(5-8(7)13)15-11(18)9-3-4-10(14)17-16-9/h1-5H,(H2,14,17)(H,15,18). The number of anilines is 2. The molecule has 0 saturated carbocycles. The van der Waals surface area contributed by atoms with Crippen molar-refractivity contribution in [2.45, 2.75) is 0 Å². The van der Waals surface area contributed by atoms with Crippen LogP contribution in [0.1, 0.15) is 10.5 Å². The summed E-state index contributed by atoms with van der Waals surface area (Å²) < 4.78 is 13.2. The number of nitrogens with zero attached hydrogens (tertiary/aromatic N) is 2. The van der Waals surface area contributed by atoms with E-state index in [2.05, 4.69) is 15.5 Å². The molecule has 3 N–H and O–H groups in total. The number of halogens is 2. The number of nitrogens with two attached hydrogens (primary N) is 1. The third-order valence-electron chi connectivity index (χ3n) is 2.10. The smallest absolute Gasteiger partial charge is 0.276 e. The van der Waals surface area contributed by atoms with Crippen LogP contribution in [0.25, 0.3) is 0 Å². The fourth-order valence-corrected chi connectivity index (χ4v) is 1.35. The first kappa shape index (κ1) is 12.3. The largest absolute Gasteiger partial charge is 0.382 e. The number of hydrogen-bond donors (Lipinski definition) is 2. The van der Waals surface area contributed by atoms with Gasteiger partial charge in [-0.05, 0) is 30.3 Å². The summed E-state index contributed by atoms with van der Waals surface area (Å²) in [7, 11) is 0. The van der Waals surface area contributed by atoms with Crippen LogP contribution in [0.4, 0.5) is 15.9 Å². The molecule has 5 nitrogen and oxygen atoms in total. The highest BCUT2D eigenvalue weighted by atomic mass is 35.5. The molecule has 0 spiro atoms. The van der Waals surface area contributed by atoms with Gasteiger partial charge in [-0.2, -0.15) is 0 Å². The molecule has 0 radical (unpaired) electrons. The Kier molecular flexibility index (Phi) is 3.38. The Morgan fingerprint density at radius 3 is 2.67 bits per heavy atom. The van der Waals surface area contributed by atoms with Gasteiger partial charge < -0.3 is 11.1 Å². The van der Waals surface area contributed by atoms with E-state index in [9.17, 15) is 9.18 Å². The third kappa shape index (κ3) is 2.72. The number of amides is 1. The van der Waals surface area contributed by atoms with Crippen molar-refractivity contribution in [2.24, 2.45) is 0 Å². The SMILES string of the molecule is Nc1ccc(C(=O)Nc2ccc(Cl)c(F)c2)nn1. The Labute approximate surface area is 107 Å². The summed E-state index contributed by atoms with van der Waals surface area (Å²) in [4.78, 5) is 11.7. The fourth-order valence-electron chi connectivity index (χ4n) is 1.23. The number of carbonyl (C=O) groups excluding carboxylic acids is 1. The van der Waals surface area contributed by atoms with E-state index in [1.807, 2.05) is 0 Å². The Balaban J connectivity index is 2.16. The second-order valence-electron chi connectivity index (χ2n) is 3.43. The lowest BCUT2D eigenvalue weighted by Gasteiger charge is -2.04. The van der Waals surface area contributed by atoms with Crippen molar-refractivity contribution in [3.63, 3.8) is 0 Å². The van der Waals surface area contributed by atoms with Crippen LogP contribution in [-0.2, 0) is 0 Å². The Morgan fingerprint density at radius 2 is 2.06 bits per heavy atom. The fraction of sp³-hybridized carbons (Fsp3) is 0. The number of carbonyl (C=O) groups is 1. The zero-order valence-electron chi connectivity index (χ0n) is 9.02. The van der Waals surface area contributed by atoms with Crippen LogP contribution in [-0.4, -0.2) is 16.1 Å². The minimum absolute atomic E-state index is 0.0136. The van der Waals surface area contributed by atoms with Gasteiger partial charge >= 0.3 is 0 Å². The van der Waals surface area contributed by atoms with Gasteiger partial charge in [-0.1, -0.05) is 11.6 Å². The van der Waals surface area contributed by atoms with Crippen LogP contribution in [0, 0.1) is 5.82 Å². The summed E-state index contributed by atoms with van der Waals surface area (Å²) >= 11 is 5.53. The molecule has 2 aromatic rings. The maximum Gasteiger partial charge on any atom is 0.276 e. The monoisotopic (exact) mass is 266 g/mol. The summed E-state index contributed by atoms with van der Waals surface area (Å²) in [5.41, 5.74) is 5.71. The molecule has 0 bridgehead atoms. The third-order valence-corrected chi connectivity index (χ3v) is 2.40. The van der Waals surface area contributed by atoms with E-state index in [4.69, 9.17) is 17.3 Å². The van der Waals surface area contributed by atoms with Crippen molar-refractivity contribution >= 4 is 29.0 Å². The highest BCUT2D eigenvalue weighted by molar-refractivity contribution is 6.30. The molecular formula is C11H8ClFN4O. The van der Waals surface area contributed by atoms with Crippen LogP contribution in [0.2, 0.25) is 5.02 Å². The molecule has 7 heteroatoms. The van der Waals surface area contributed by atoms with Crippen molar-refractivity contribution in [3.05, 3.63) is 46.9 Å². The van der Waals surface area contributed by atoms with Crippen LogP contribution in [0.3, 0.4) is 0 Å². The van der Waals surface area contributed by atoms with E-state index in [1.165, 1.54) is 24.3 Å². The van der Waals surface area contributed by atoms with Gasteiger partial charge in [0.2, 0.25) is 0 Å². The molecule has 0 saturated heterocycles. The molecule has 1 heterocycles. The minimum Gasteiger partial charge on any atom is -0.382 e. The zero-order chi connectivity index (χ0) is 13.1. The molecule has 0 aliphatic carbocycles.